The number of amides is 2. The van der Waals surface area contributed by atoms with Crippen LogP contribution < -0.4 is 26.4 Å². The second-order valence-corrected chi connectivity index (χ2v) is 11.0. The molecule has 1 aliphatic rings. The van der Waals surface area contributed by atoms with Gasteiger partial charge >= 0.3 is 0 Å². The Bertz CT molecular complexity index is 1820. The first-order chi connectivity index (χ1) is 22.2. The number of anilines is 2. The van der Waals surface area contributed by atoms with Crippen molar-refractivity contribution in [2.45, 2.75) is 19.5 Å². The number of ketones is 1. The molecule has 0 aliphatic carbocycles. The van der Waals surface area contributed by atoms with Gasteiger partial charge in [0.25, 0.3) is 11.5 Å². The van der Waals surface area contributed by atoms with E-state index in [4.69, 9.17) is 4.74 Å². The van der Waals surface area contributed by atoms with E-state index in [1.165, 1.54) is 28.8 Å². The van der Waals surface area contributed by atoms with Gasteiger partial charge in [-0.05, 0) is 91.8 Å². The van der Waals surface area contributed by atoms with Crippen LogP contribution in [0, 0.1) is 5.82 Å². The molecule has 1 aliphatic heterocycles. The van der Waals surface area contributed by atoms with Gasteiger partial charge in [0.05, 0.1) is 31.5 Å². The van der Waals surface area contributed by atoms with Crippen molar-refractivity contribution in [1.82, 2.24) is 15.2 Å². The van der Waals surface area contributed by atoms with Crippen LogP contribution in [0.15, 0.2) is 83.7 Å². The minimum atomic E-state index is -0.540. The number of aromatic nitrogens is 1. The highest BCUT2D eigenvalue weighted by molar-refractivity contribution is 6.09. The molecular weight excluding hydrogens is 589 g/mol. The van der Waals surface area contributed by atoms with E-state index >= 15 is 0 Å². The van der Waals surface area contributed by atoms with Gasteiger partial charge in [-0.3, -0.25) is 19.2 Å². The number of likely N-dealkylation sites (N-methyl/N-ethyl adjacent to an activating group) is 1. The molecule has 1 aromatic heterocycles. The van der Waals surface area contributed by atoms with Gasteiger partial charge in [0.1, 0.15) is 11.5 Å². The van der Waals surface area contributed by atoms with Crippen LogP contribution in [0.1, 0.15) is 38.8 Å². The molecule has 46 heavy (non-hydrogen) atoms. The first kappa shape index (κ1) is 32.3. The first-order valence-electron chi connectivity index (χ1n) is 15.0. The zero-order valence-corrected chi connectivity index (χ0v) is 25.9. The Morgan fingerprint density at radius 3 is 2.33 bits per heavy atom. The predicted octanol–water partition coefficient (Wildman–Crippen LogP) is 3.68. The highest BCUT2D eigenvalue weighted by Gasteiger charge is 2.20. The van der Waals surface area contributed by atoms with Crippen LogP contribution in [0.2, 0.25) is 0 Å². The Morgan fingerprint density at radius 1 is 0.891 bits per heavy atom. The molecule has 3 N–H and O–H groups in total. The summed E-state index contributed by atoms with van der Waals surface area (Å²) < 4.78 is 20.7. The SMILES string of the molecule is CNC(=O)c1cccc(-c2ccc(NC(=O)C(C)NC)c(=O)n2Cc2cc(C(=O)c3ccc(F)cc3)cc(N3CCOCC3)c2)c1. The van der Waals surface area contributed by atoms with E-state index < -0.39 is 17.4 Å². The molecule has 1 atom stereocenters. The molecule has 2 amide bonds. The van der Waals surface area contributed by atoms with Gasteiger partial charge in [-0.25, -0.2) is 4.39 Å². The van der Waals surface area contributed by atoms with Crippen LogP contribution in [0.4, 0.5) is 15.8 Å². The molecule has 1 fully saturated rings. The summed E-state index contributed by atoms with van der Waals surface area (Å²) in [5, 5.41) is 8.20. The maximum absolute atomic E-state index is 14.1. The van der Waals surface area contributed by atoms with E-state index in [1.54, 1.807) is 69.6 Å². The van der Waals surface area contributed by atoms with Crippen molar-refractivity contribution in [1.29, 1.82) is 0 Å². The summed E-state index contributed by atoms with van der Waals surface area (Å²) in [6.45, 7) is 4.04. The van der Waals surface area contributed by atoms with Crippen molar-refractivity contribution in [3.8, 4) is 11.3 Å². The molecule has 11 heteroatoms. The Balaban J connectivity index is 1.64. The molecule has 3 aromatic carbocycles. The lowest BCUT2D eigenvalue weighted by molar-refractivity contribution is -0.117. The highest BCUT2D eigenvalue weighted by Crippen LogP contribution is 2.26. The summed E-state index contributed by atoms with van der Waals surface area (Å²) in [6, 6.07) is 20.5. The third-order valence-electron chi connectivity index (χ3n) is 7.97. The molecule has 0 bridgehead atoms. The second kappa shape index (κ2) is 14.3. The van der Waals surface area contributed by atoms with Crippen LogP contribution >= 0.6 is 0 Å². The van der Waals surface area contributed by atoms with E-state index in [2.05, 4.69) is 20.9 Å². The van der Waals surface area contributed by atoms with Gasteiger partial charge < -0.3 is 30.2 Å². The number of rotatable bonds is 10. The number of morpholine rings is 1. The molecule has 10 nitrogen and oxygen atoms in total. The normalized spacial score (nSPS) is 13.6. The molecule has 0 radical (unpaired) electrons. The molecule has 1 unspecified atom stereocenters. The van der Waals surface area contributed by atoms with Crippen molar-refractivity contribution in [3.63, 3.8) is 0 Å². The zero-order chi connectivity index (χ0) is 32.8. The number of pyridine rings is 1. The summed E-state index contributed by atoms with van der Waals surface area (Å²) in [5.41, 5.74) is 3.34. The van der Waals surface area contributed by atoms with Crippen LogP contribution in [0.5, 0.6) is 0 Å². The molecule has 4 aromatic rings. The van der Waals surface area contributed by atoms with E-state index in [-0.39, 0.29) is 29.8 Å². The smallest absolute Gasteiger partial charge is 0.275 e. The number of nitrogens with one attached hydrogen (secondary N) is 3. The van der Waals surface area contributed by atoms with E-state index in [1.807, 2.05) is 6.07 Å². The third-order valence-corrected chi connectivity index (χ3v) is 7.97. The van der Waals surface area contributed by atoms with Gasteiger partial charge in [-0.2, -0.15) is 0 Å². The van der Waals surface area contributed by atoms with Crippen LogP contribution in [0.25, 0.3) is 11.3 Å². The van der Waals surface area contributed by atoms with Gasteiger partial charge in [0.15, 0.2) is 5.78 Å². The molecular formula is C35H36FN5O5. The zero-order valence-electron chi connectivity index (χ0n) is 25.9. The van der Waals surface area contributed by atoms with Crippen molar-refractivity contribution in [2.24, 2.45) is 0 Å². The van der Waals surface area contributed by atoms with Crippen molar-refractivity contribution < 1.29 is 23.5 Å². The third kappa shape index (κ3) is 7.22. The van der Waals surface area contributed by atoms with E-state index in [0.717, 1.165) is 5.69 Å². The Hall–Kier alpha value is -5.13. The predicted molar refractivity (Wildman–Crippen MR) is 175 cm³/mol. The van der Waals surface area contributed by atoms with Crippen molar-refractivity contribution in [3.05, 3.63) is 117 Å². The van der Waals surface area contributed by atoms with Crippen LogP contribution in [-0.4, -0.2) is 68.6 Å². The largest absolute Gasteiger partial charge is 0.378 e. The fourth-order valence-electron chi connectivity index (χ4n) is 5.27. The minimum absolute atomic E-state index is 0.0472. The molecule has 2 heterocycles. The monoisotopic (exact) mass is 625 g/mol. The number of carbonyl (C=O) groups is 3. The fourth-order valence-corrected chi connectivity index (χ4v) is 5.27. The average Bonchev–Trinajstić information content (AvgIpc) is 3.09. The number of carbonyl (C=O) groups excluding carboxylic acids is 3. The number of hydrogen-bond acceptors (Lipinski definition) is 7. The lowest BCUT2D eigenvalue weighted by Crippen LogP contribution is -2.37. The maximum atomic E-state index is 14.1. The standard InChI is InChI=1S/C35H36FN5O5/c1-22(37-2)33(43)39-30-11-12-31(25-5-4-6-26(19-25)34(44)38-3)41(35(30)45)21-23-17-27(32(42)24-7-9-28(36)10-8-24)20-29(18-23)40-13-15-46-16-14-40/h4-12,17-20,22,37H,13-16,21H2,1-3H3,(H,38,44)(H,39,43). The van der Waals surface area contributed by atoms with Gasteiger partial charge in [-0.15, -0.1) is 0 Å². The number of nitrogens with zero attached hydrogens (tertiary/aromatic N) is 2. The minimum Gasteiger partial charge on any atom is -0.378 e. The van der Waals surface area contributed by atoms with Gasteiger partial charge in [-0.1, -0.05) is 12.1 Å². The highest BCUT2D eigenvalue weighted by atomic mass is 19.1. The summed E-state index contributed by atoms with van der Waals surface area (Å²) >= 11 is 0. The lowest BCUT2D eigenvalue weighted by atomic mass is 9.99. The summed E-state index contributed by atoms with van der Waals surface area (Å²) in [5.74, 6) is -1.38. The topological polar surface area (TPSA) is 122 Å². The summed E-state index contributed by atoms with van der Waals surface area (Å²) in [4.78, 5) is 55.0. The van der Waals surface area contributed by atoms with Gasteiger partial charge in [0.2, 0.25) is 5.91 Å². The number of hydrogen-bond donors (Lipinski definition) is 3. The fraction of sp³-hybridized carbons (Fsp3) is 0.257. The quantitative estimate of drug-likeness (QED) is 0.230. The average molecular weight is 626 g/mol. The van der Waals surface area contributed by atoms with Crippen molar-refractivity contribution >= 4 is 29.0 Å². The number of benzene rings is 3. The van der Waals surface area contributed by atoms with E-state index in [9.17, 15) is 23.6 Å². The summed E-state index contributed by atoms with van der Waals surface area (Å²) in [7, 11) is 3.19. The number of halogens is 1. The Morgan fingerprint density at radius 2 is 1.63 bits per heavy atom. The van der Waals surface area contributed by atoms with Crippen molar-refractivity contribution in [2.75, 3.05) is 50.6 Å². The van der Waals surface area contributed by atoms with Crippen LogP contribution in [0.3, 0.4) is 0 Å². The first-order valence-corrected chi connectivity index (χ1v) is 15.0. The number of ether oxygens (including phenoxy) is 1. The lowest BCUT2D eigenvalue weighted by Gasteiger charge is -2.29. The molecule has 5 rings (SSSR count). The molecule has 1 saturated heterocycles. The second-order valence-electron chi connectivity index (χ2n) is 11.0. The van der Waals surface area contributed by atoms with Gasteiger partial charge in [0, 0.05) is 42.5 Å². The van der Waals surface area contributed by atoms with Crippen LogP contribution in [-0.2, 0) is 16.1 Å². The molecule has 0 saturated carbocycles. The Labute approximate surface area is 266 Å². The molecule has 238 valence electrons. The molecule has 0 spiro atoms. The Kier molecular flexibility index (Phi) is 10.0. The maximum Gasteiger partial charge on any atom is 0.275 e. The summed E-state index contributed by atoms with van der Waals surface area (Å²) in [6.07, 6.45) is 0. The van der Waals surface area contributed by atoms with E-state index in [0.29, 0.717) is 59.8 Å².